The number of benzene rings is 4. The first-order valence-electron chi connectivity index (χ1n) is 14.4. The van der Waals surface area contributed by atoms with E-state index in [1.807, 2.05) is 41.8 Å². The van der Waals surface area contributed by atoms with Gasteiger partial charge in [0, 0.05) is 34.1 Å². The number of halogens is 4. The maximum atomic E-state index is 14.2. The second-order valence-electron chi connectivity index (χ2n) is 10.9. The van der Waals surface area contributed by atoms with Crippen molar-refractivity contribution in [2.45, 2.75) is 32.8 Å². The molecule has 3 heterocycles. The molecule has 2 aromatic heterocycles. The van der Waals surface area contributed by atoms with Crippen LogP contribution in [0.5, 0.6) is 0 Å². The number of carbonyl (C=O) groups is 1. The fourth-order valence-electron chi connectivity index (χ4n) is 5.94. The van der Waals surface area contributed by atoms with Gasteiger partial charge in [-0.1, -0.05) is 66.7 Å². The van der Waals surface area contributed by atoms with Crippen LogP contribution in [0.25, 0.3) is 49.2 Å². The number of pyridine rings is 1. The summed E-state index contributed by atoms with van der Waals surface area (Å²) in [5, 5.41) is 9.27. The van der Waals surface area contributed by atoms with Crippen molar-refractivity contribution in [3.8, 4) is 11.1 Å². The summed E-state index contributed by atoms with van der Waals surface area (Å²) in [4.78, 5) is 14.2. The highest BCUT2D eigenvalue weighted by Crippen LogP contribution is 2.36. The summed E-state index contributed by atoms with van der Waals surface area (Å²) in [5.41, 5.74) is 7.19. The first-order chi connectivity index (χ1) is 21.1. The molecule has 1 atom stereocenters. The van der Waals surface area contributed by atoms with Crippen LogP contribution in [0.3, 0.4) is 0 Å². The van der Waals surface area contributed by atoms with Gasteiger partial charge in [-0.3, -0.25) is 0 Å². The van der Waals surface area contributed by atoms with Crippen molar-refractivity contribution in [3.05, 3.63) is 102 Å². The highest BCUT2D eigenvalue weighted by Gasteiger charge is 2.31. The van der Waals surface area contributed by atoms with Crippen LogP contribution >= 0.6 is 0 Å². The lowest BCUT2D eigenvalue weighted by Gasteiger charge is -2.15. The Bertz CT molecular complexity index is 2020. The molecule has 224 valence electrons. The number of aryl methyl sites for hydroxylation is 2. The number of hydrogen-bond acceptors (Lipinski definition) is 4. The number of rotatable bonds is 4. The fraction of sp³-hybridized carbons (Fsp3) is 0.206. The molecule has 0 bridgehead atoms. The summed E-state index contributed by atoms with van der Waals surface area (Å²) in [5.74, 6) is -0.346. The number of nitrogens with zero attached hydrogens (tertiary/aromatic N) is 2. The zero-order valence-corrected chi connectivity index (χ0v) is 24.2. The number of hydrogen-bond donors (Lipinski definition) is 0. The van der Waals surface area contributed by atoms with E-state index in [0.29, 0.717) is 12.2 Å². The Morgan fingerprint density at radius 2 is 1.64 bits per heavy atom. The molecule has 1 aliphatic heterocycles. The molecule has 4 aromatic carbocycles. The van der Waals surface area contributed by atoms with Gasteiger partial charge in [0.05, 0.1) is 16.9 Å². The standard InChI is InChI=1S/C34H29N2O3.BF4/c1-21-14-16-27-26-12-6-7-13-28(26)33-31(34(37)39-20-24-11-8-18-38-24)30-22(2)15-17-25(23-9-4-3-5-10-23)32(30)35-36(33)29(27)19-21;2-1(3,4)5/h3-7,9-10,12-17,19,24H,8,11,18,20H2,1-2H3;/q+1;-1. The summed E-state index contributed by atoms with van der Waals surface area (Å²) < 4.78 is 52.7. The Kier molecular flexibility index (Phi) is 7.94. The van der Waals surface area contributed by atoms with Crippen molar-refractivity contribution in [1.82, 2.24) is 5.10 Å². The molecule has 0 N–H and O–H groups in total. The molecule has 1 aliphatic rings. The van der Waals surface area contributed by atoms with Gasteiger partial charge in [-0.2, -0.15) is 0 Å². The molecule has 10 heteroatoms. The molecule has 1 fully saturated rings. The van der Waals surface area contributed by atoms with Crippen LogP contribution in [0.4, 0.5) is 17.3 Å². The number of carbonyl (C=O) groups excluding carboxylic acids is 1. The van der Waals surface area contributed by atoms with Crippen LogP contribution in [0.2, 0.25) is 0 Å². The van der Waals surface area contributed by atoms with E-state index in [9.17, 15) is 22.1 Å². The topological polar surface area (TPSA) is 52.5 Å². The van der Waals surface area contributed by atoms with E-state index in [-0.39, 0.29) is 18.7 Å². The van der Waals surface area contributed by atoms with E-state index in [1.165, 1.54) is 0 Å². The monoisotopic (exact) mass is 600 g/mol. The summed E-state index contributed by atoms with van der Waals surface area (Å²) in [6.45, 7) is 5.09. The lowest BCUT2D eigenvalue weighted by atomic mass is 9.94. The van der Waals surface area contributed by atoms with E-state index in [4.69, 9.17) is 14.6 Å². The Labute approximate surface area is 251 Å². The molecule has 6 aromatic rings. The van der Waals surface area contributed by atoms with Gasteiger partial charge in [0.1, 0.15) is 17.7 Å². The summed E-state index contributed by atoms with van der Waals surface area (Å²) in [6, 6.07) is 29.1. The van der Waals surface area contributed by atoms with Gasteiger partial charge in [0.15, 0.2) is 0 Å². The third kappa shape index (κ3) is 5.82. The van der Waals surface area contributed by atoms with Gasteiger partial charge >= 0.3 is 13.2 Å². The molecule has 0 radical (unpaired) electrons. The third-order valence-electron chi connectivity index (χ3n) is 7.85. The summed E-state index contributed by atoms with van der Waals surface area (Å²) in [6.07, 6.45) is 1.85. The highest BCUT2D eigenvalue weighted by molar-refractivity contribution is 6.50. The van der Waals surface area contributed by atoms with Crippen LogP contribution in [0.15, 0.2) is 84.9 Å². The zero-order valence-electron chi connectivity index (χ0n) is 24.2. The molecule has 44 heavy (non-hydrogen) atoms. The molecule has 0 spiro atoms. The van der Waals surface area contributed by atoms with Crippen LogP contribution in [-0.2, 0) is 9.47 Å². The average Bonchev–Trinajstić information content (AvgIpc) is 3.53. The predicted molar refractivity (Wildman–Crippen MR) is 164 cm³/mol. The van der Waals surface area contributed by atoms with Crippen LogP contribution in [0, 0.1) is 13.8 Å². The average molecular weight is 600 g/mol. The normalized spacial score (nSPS) is 15.1. The quantitative estimate of drug-likeness (QED) is 0.0512. The molecule has 0 aliphatic carbocycles. The van der Waals surface area contributed by atoms with Crippen molar-refractivity contribution in [1.29, 1.82) is 0 Å². The first-order valence-corrected chi connectivity index (χ1v) is 14.4. The second kappa shape index (κ2) is 11.8. The van der Waals surface area contributed by atoms with Gasteiger partial charge in [-0.05, 0) is 60.0 Å². The molecule has 1 saturated heterocycles. The highest BCUT2D eigenvalue weighted by atomic mass is 19.5. The first kappa shape index (κ1) is 29.5. The van der Waals surface area contributed by atoms with E-state index >= 15 is 0 Å². The summed E-state index contributed by atoms with van der Waals surface area (Å²) in [7, 11) is -6.00. The Morgan fingerprint density at radius 3 is 2.34 bits per heavy atom. The van der Waals surface area contributed by atoms with Crippen molar-refractivity contribution >= 4 is 51.3 Å². The van der Waals surface area contributed by atoms with Crippen LogP contribution < -0.4 is 4.52 Å². The van der Waals surface area contributed by atoms with Gasteiger partial charge in [-0.25, -0.2) is 4.79 Å². The lowest BCUT2D eigenvalue weighted by molar-refractivity contribution is -0.548. The van der Waals surface area contributed by atoms with Crippen LogP contribution in [0.1, 0.15) is 34.3 Å². The smallest absolute Gasteiger partial charge is 0.459 e. The van der Waals surface area contributed by atoms with Gasteiger partial charge in [-0.15, -0.1) is 0 Å². The minimum atomic E-state index is -6.00. The molecular weight excluding hydrogens is 571 g/mol. The van der Waals surface area contributed by atoms with Crippen molar-refractivity contribution in [2.75, 3.05) is 13.2 Å². The molecule has 0 saturated carbocycles. The van der Waals surface area contributed by atoms with E-state index in [1.54, 1.807) is 0 Å². The van der Waals surface area contributed by atoms with E-state index in [0.717, 1.165) is 73.2 Å². The Hall–Kier alpha value is -4.57. The fourth-order valence-corrected chi connectivity index (χ4v) is 5.94. The maximum Gasteiger partial charge on any atom is 0.673 e. The zero-order chi connectivity index (χ0) is 31.0. The molecule has 0 amide bonds. The molecule has 7 rings (SSSR count). The summed E-state index contributed by atoms with van der Waals surface area (Å²) >= 11 is 0. The molecular formula is C34H29BF4N2O3. The van der Waals surface area contributed by atoms with E-state index in [2.05, 4.69) is 61.5 Å². The van der Waals surface area contributed by atoms with Crippen molar-refractivity contribution in [2.24, 2.45) is 0 Å². The number of fused-ring (bicyclic) bond motifs is 7. The minimum absolute atomic E-state index is 0.0535. The van der Waals surface area contributed by atoms with Crippen molar-refractivity contribution < 1.29 is 36.0 Å². The predicted octanol–water partition coefficient (Wildman–Crippen LogP) is 8.20. The van der Waals surface area contributed by atoms with Gasteiger partial charge in [0.25, 0.3) is 5.52 Å². The lowest BCUT2D eigenvalue weighted by Crippen LogP contribution is -2.32. The molecule has 1 unspecified atom stereocenters. The SMILES string of the molecule is Cc1ccc2c3ccccc3c3c(C(=O)OCC4CCCO4)c4c(C)ccc(-c5ccccc5)c4n[n+]3c2c1.F[B-](F)(F)F. The minimum Gasteiger partial charge on any atom is -0.459 e. The van der Waals surface area contributed by atoms with Gasteiger partial charge in [0.2, 0.25) is 5.52 Å². The number of esters is 1. The van der Waals surface area contributed by atoms with Gasteiger partial charge < -0.3 is 26.7 Å². The Balaban J connectivity index is 0.000000637. The number of ether oxygens (including phenoxy) is 2. The molecule has 5 nitrogen and oxygen atoms in total. The Morgan fingerprint density at radius 1 is 0.932 bits per heavy atom. The van der Waals surface area contributed by atoms with Crippen LogP contribution in [-0.4, -0.2) is 37.6 Å². The second-order valence-corrected chi connectivity index (χ2v) is 10.9. The largest absolute Gasteiger partial charge is 0.673 e. The van der Waals surface area contributed by atoms with Crippen molar-refractivity contribution in [3.63, 3.8) is 0 Å². The third-order valence-corrected chi connectivity index (χ3v) is 7.85. The van der Waals surface area contributed by atoms with E-state index < -0.39 is 7.25 Å². The number of aromatic nitrogens is 2. The maximum absolute atomic E-state index is 14.2.